The molecule has 0 atom stereocenters. The van der Waals surface area contributed by atoms with E-state index in [1.54, 1.807) is 24.3 Å². The molecule has 174 valence electrons. The van der Waals surface area contributed by atoms with Gasteiger partial charge in [-0.3, -0.25) is 9.59 Å². The van der Waals surface area contributed by atoms with Crippen LogP contribution >= 0.6 is 0 Å². The summed E-state index contributed by atoms with van der Waals surface area (Å²) in [6.45, 7) is -0.470. The predicted molar refractivity (Wildman–Crippen MR) is 104 cm³/mol. The number of hydrogen-bond acceptors (Lipinski definition) is 4. The summed E-state index contributed by atoms with van der Waals surface area (Å²) < 4.78 is 83.0. The van der Waals surface area contributed by atoms with Crippen LogP contribution in [0, 0.1) is 0 Å². The molecular formula is C20H19F6N3O3. The Bertz CT molecular complexity index is 926. The first-order chi connectivity index (χ1) is 14.8. The lowest BCUT2D eigenvalue weighted by Gasteiger charge is -2.24. The minimum absolute atomic E-state index is 0.00846. The first kappa shape index (κ1) is 24.8. The van der Waals surface area contributed by atoms with E-state index in [-0.39, 0.29) is 19.0 Å². The first-order valence-corrected chi connectivity index (χ1v) is 9.06. The predicted octanol–water partition coefficient (Wildman–Crippen LogP) is 4.05. The number of primary amides is 1. The lowest BCUT2D eigenvalue weighted by atomic mass is 10.1. The zero-order chi connectivity index (χ0) is 24.1. The Kier molecular flexibility index (Phi) is 7.60. The molecule has 0 aliphatic heterocycles. The van der Waals surface area contributed by atoms with Gasteiger partial charge < -0.3 is 20.7 Å². The number of nitrogens with zero attached hydrogens (tertiary/aromatic N) is 1. The minimum Gasteiger partial charge on any atom is -0.497 e. The number of halogens is 6. The maximum atomic E-state index is 13.0. The van der Waals surface area contributed by atoms with Crippen molar-refractivity contribution < 1.29 is 40.7 Å². The van der Waals surface area contributed by atoms with Gasteiger partial charge in [0, 0.05) is 24.3 Å². The quantitative estimate of drug-likeness (QED) is 0.579. The van der Waals surface area contributed by atoms with E-state index in [0.717, 1.165) is 0 Å². The zero-order valence-electron chi connectivity index (χ0n) is 16.7. The Morgan fingerprint density at radius 2 is 1.50 bits per heavy atom. The van der Waals surface area contributed by atoms with Crippen LogP contribution in [0.25, 0.3) is 0 Å². The largest absolute Gasteiger partial charge is 0.497 e. The fourth-order valence-electron chi connectivity index (χ4n) is 2.74. The number of alkyl halides is 6. The molecule has 12 heteroatoms. The van der Waals surface area contributed by atoms with Gasteiger partial charge in [-0.1, -0.05) is 0 Å². The molecule has 0 aromatic heterocycles. The number of carbonyl (C=O) groups excluding carboxylic acids is 2. The molecule has 6 nitrogen and oxygen atoms in total. The Morgan fingerprint density at radius 1 is 0.969 bits per heavy atom. The third-order valence-corrected chi connectivity index (χ3v) is 4.27. The molecule has 0 saturated heterocycles. The third kappa shape index (κ3) is 7.06. The van der Waals surface area contributed by atoms with E-state index in [1.165, 1.54) is 12.0 Å². The lowest BCUT2D eigenvalue weighted by Crippen LogP contribution is -2.35. The van der Waals surface area contributed by atoms with E-state index in [9.17, 15) is 35.9 Å². The van der Waals surface area contributed by atoms with Gasteiger partial charge in [-0.25, -0.2) is 0 Å². The summed E-state index contributed by atoms with van der Waals surface area (Å²) in [6.07, 6.45) is -10.2. The van der Waals surface area contributed by atoms with Crippen LogP contribution in [0.5, 0.6) is 5.75 Å². The molecule has 0 bridgehead atoms. The number of methoxy groups -OCH3 is 1. The van der Waals surface area contributed by atoms with Crippen molar-refractivity contribution in [2.75, 3.05) is 30.4 Å². The van der Waals surface area contributed by atoms with Gasteiger partial charge in [0.2, 0.25) is 11.8 Å². The molecule has 0 saturated carbocycles. The number of benzene rings is 2. The van der Waals surface area contributed by atoms with Crippen LogP contribution in [0.1, 0.15) is 17.5 Å². The number of anilines is 2. The number of ether oxygens (including phenoxy) is 1. The lowest BCUT2D eigenvalue weighted by molar-refractivity contribution is -0.143. The van der Waals surface area contributed by atoms with E-state index in [4.69, 9.17) is 10.5 Å². The Labute approximate surface area is 178 Å². The summed E-state index contributed by atoms with van der Waals surface area (Å²) in [7, 11) is 1.44. The van der Waals surface area contributed by atoms with E-state index in [2.05, 4.69) is 5.32 Å². The smallest absolute Gasteiger partial charge is 0.416 e. The van der Waals surface area contributed by atoms with Crippen molar-refractivity contribution in [1.82, 2.24) is 0 Å². The van der Waals surface area contributed by atoms with Crippen LogP contribution in [0.2, 0.25) is 0 Å². The molecule has 0 unspecified atom stereocenters. The summed E-state index contributed by atoms with van der Waals surface area (Å²) in [5.41, 5.74) is 1.82. The molecular weight excluding hydrogens is 444 g/mol. The normalized spacial score (nSPS) is 11.7. The molecule has 2 aromatic carbocycles. The van der Waals surface area contributed by atoms with Gasteiger partial charge >= 0.3 is 12.4 Å². The van der Waals surface area contributed by atoms with E-state index in [1.807, 2.05) is 0 Å². The van der Waals surface area contributed by atoms with Gasteiger partial charge in [-0.2, -0.15) is 26.3 Å². The molecule has 0 heterocycles. The second-order valence-corrected chi connectivity index (χ2v) is 6.68. The molecule has 0 spiro atoms. The first-order valence-electron chi connectivity index (χ1n) is 9.06. The average Bonchev–Trinajstić information content (AvgIpc) is 2.69. The number of carbonyl (C=O) groups is 2. The number of nitrogens with two attached hydrogens (primary N) is 1. The second-order valence-electron chi connectivity index (χ2n) is 6.68. The van der Waals surface area contributed by atoms with Crippen LogP contribution in [0.15, 0.2) is 42.5 Å². The average molecular weight is 463 g/mol. The Hall–Kier alpha value is -3.44. The molecule has 2 aromatic rings. The van der Waals surface area contributed by atoms with Crippen molar-refractivity contribution in [3.05, 3.63) is 53.6 Å². The molecule has 2 amide bonds. The Morgan fingerprint density at radius 3 is 1.94 bits per heavy atom. The fourth-order valence-corrected chi connectivity index (χ4v) is 2.74. The highest BCUT2D eigenvalue weighted by Crippen LogP contribution is 2.37. The topological polar surface area (TPSA) is 84.7 Å². The van der Waals surface area contributed by atoms with Gasteiger partial charge in [-0.15, -0.1) is 0 Å². The number of nitrogens with one attached hydrogen (secondary N) is 1. The van der Waals surface area contributed by atoms with Crippen LogP contribution < -0.4 is 20.7 Å². The van der Waals surface area contributed by atoms with E-state index in [0.29, 0.717) is 23.6 Å². The SMILES string of the molecule is COc1ccc(N(CCC(N)=O)CC(=O)Nc2cc(C(F)(F)F)cc(C(F)(F)F)c2)cc1. The van der Waals surface area contributed by atoms with Crippen molar-refractivity contribution in [3.63, 3.8) is 0 Å². The van der Waals surface area contributed by atoms with Crippen LogP contribution in [0.4, 0.5) is 37.7 Å². The highest BCUT2D eigenvalue weighted by atomic mass is 19.4. The second kappa shape index (κ2) is 9.79. The molecule has 3 N–H and O–H groups in total. The minimum atomic E-state index is -5.04. The number of amides is 2. The molecule has 0 fully saturated rings. The molecule has 0 radical (unpaired) electrons. The zero-order valence-corrected chi connectivity index (χ0v) is 16.7. The number of rotatable bonds is 8. The molecule has 32 heavy (non-hydrogen) atoms. The van der Waals surface area contributed by atoms with Crippen molar-refractivity contribution in [2.24, 2.45) is 5.73 Å². The van der Waals surface area contributed by atoms with Gasteiger partial charge in [0.25, 0.3) is 0 Å². The fraction of sp³-hybridized carbons (Fsp3) is 0.300. The monoisotopic (exact) mass is 463 g/mol. The highest BCUT2D eigenvalue weighted by molar-refractivity contribution is 5.94. The van der Waals surface area contributed by atoms with Gasteiger partial charge in [0.15, 0.2) is 0 Å². The summed E-state index contributed by atoms with van der Waals surface area (Å²) in [4.78, 5) is 25.0. The highest BCUT2D eigenvalue weighted by Gasteiger charge is 2.37. The van der Waals surface area contributed by atoms with Crippen molar-refractivity contribution in [3.8, 4) is 5.75 Å². The summed E-state index contributed by atoms with van der Waals surface area (Å²) in [5.74, 6) is -1.04. The van der Waals surface area contributed by atoms with Gasteiger partial charge in [0.1, 0.15) is 5.75 Å². The standard InChI is InChI=1S/C20H19F6N3O3/c1-32-16-4-2-15(3-5-16)29(7-6-17(27)30)11-18(31)28-14-9-12(19(21,22)23)8-13(10-14)20(24,25)26/h2-5,8-10H,6-7,11H2,1H3,(H2,27,30)(H,28,31). The van der Waals surface area contributed by atoms with E-state index < -0.39 is 47.5 Å². The van der Waals surface area contributed by atoms with Crippen LogP contribution in [0.3, 0.4) is 0 Å². The van der Waals surface area contributed by atoms with Gasteiger partial charge in [-0.05, 0) is 42.5 Å². The summed E-state index contributed by atoms with van der Waals surface area (Å²) in [6, 6.07) is 7.08. The maximum absolute atomic E-state index is 13.0. The van der Waals surface area contributed by atoms with Crippen molar-refractivity contribution in [1.29, 1.82) is 0 Å². The molecule has 0 aliphatic carbocycles. The number of hydrogen-bond donors (Lipinski definition) is 2. The molecule has 0 aliphatic rings. The van der Waals surface area contributed by atoms with Crippen molar-refractivity contribution >= 4 is 23.2 Å². The summed E-state index contributed by atoms with van der Waals surface area (Å²) >= 11 is 0. The van der Waals surface area contributed by atoms with Crippen molar-refractivity contribution in [2.45, 2.75) is 18.8 Å². The maximum Gasteiger partial charge on any atom is 0.416 e. The van der Waals surface area contributed by atoms with Crippen LogP contribution in [-0.4, -0.2) is 32.0 Å². The molecule has 2 rings (SSSR count). The third-order valence-electron chi connectivity index (χ3n) is 4.27. The summed E-state index contributed by atoms with van der Waals surface area (Å²) in [5, 5.41) is 2.06. The van der Waals surface area contributed by atoms with E-state index >= 15 is 0 Å². The van der Waals surface area contributed by atoms with Gasteiger partial charge in [0.05, 0.1) is 24.8 Å². The Balaban J connectivity index is 2.27. The van der Waals surface area contributed by atoms with Crippen LogP contribution in [-0.2, 0) is 21.9 Å².